The number of hydrogen-bond acceptors (Lipinski definition) is 4. The molecule has 0 aliphatic rings. The van der Waals surface area contributed by atoms with Gasteiger partial charge in [-0.2, -0.15) is 0 Å². The zero-order valence-electron chi connectivity index (χ0n) is 15.6. The predicted octanol–water partition coefficient (Wildman–Crippen LogP) is 4.55. The van der Waals surface area contributed by atoms with Gasteiger partial charge >= 0.3 is 0 Å². The number of benzene rings is 2. The van der Waals surface area contributed by atoms with Crippen molar-refractivity contribution in [2.45, 2.75) is 20.1 Å². The largest absolute Gasteiger partial charge is 0.489 e. The molecule has 3 aromatic rings. The van der Waals surface area contributed by atoms with Gasteiger partial charge in [-0.15, -0.1) is 0 Å². The number of halogens is 1. The van der Waals surface area contributed by atoms with Crippen LogP contribution in [0.5, 0.6) is 5.75 Å². The summed E-state index contributed by atoms with van der Waals surface area (Å²) in [6, 6.07) is 19.6. The molecule has 1 heterocycles. The van der Waals surface area contributed by atoms with Crippen molar-refractivity contribution in [2.24, 2.45) is 5.73 Å². The number of carbonyl (C=O) groups excluding carboxylic acids is 1. The molecule has 0 fully saturated rings. The first-order valence-electron chi connectivity index (χ1n) is 9.02. The van der Waals surface area contributed by atoms with E-state index in [1.165, 1.54) is 6.20 Å². The van der Waals surface area contributed by atoms with Gasteiger partial charge in [-0.3, -0.25) is 4.79 Å². The average molecular weight is 440 g/mol. The highest BCUT2D eigenvalue weighted by atomic mass is 79.9. The van der Waals surface area contributed by atoms with Gasteiger partial charge in [0.1, 0.15) is 18.2 Å². The third kappa shape index (κ3) is 5.10. The zero-order valence-corrected chi connectivity index (χ0v) is 17.2. The van der Waals surface area contributed by atoms with E-state index in [9.17, 15) is 4.79 Å². The van der Waals surface area contributed by atoms with Crippen molar-refractivity contribution in [3.8, 4) is 5.75 Å². The topological polar surface area (TPSA) is 68.5 Å². The number of carbonyl (C=O) groups is 1. The van der Waals surface area contributed by atoms with E-state index in [2.05, 4.69) is 38.8 Å². The van der Waals surface area contributed by atoms with Gasteiger partial charge in [0.25, 0.3) is 0 Å². The summed E-state index contributed by atoms with van der Waals surface area (Å²) in [5.41, 5.74) is 7.86. The van der Waals surface area contributed by atoms with E-state index in [0.717, 1.165) is 33.7 Å². The van der Waals surface area contributed by atoms with E-state index >= 15 is 0 Å². The minimum absolute atomic E-state index is 0.401. The molecule has 0 atom stereocenters. The molecule has 0 spiro atoms. The van der Waals surface area contributed by atoms with Crippen LogP contribution in [-0.4, -0.2) is 17.4 Å². The number of nitrogens with two attached hydrogens (primary N) is 1. The van der Waals surface area contributed by atoms with E-state index < -0.39 is 5.91 Å². The highest BCUT2D eigenvalue weighted by Crippen LogP contribution is 2.24. The van der Waals surface area contributed by atoms with Crippen LogP contribution in [0.1, 0.15) is 28.4 Å². The lowest BCUT2D eigenvalue weighted by molar-refractivity contribution is 0.1000. The Kier molecular flexibility index (Phi) is 6.66. The summed E-state index contributed by atoms with van der Waals surface area (Å²) in [5, 5.41) is 0. The Hall–Kier alpha value is -2.86. The van der Waals surface area contributed by atoms with Crippen LogP contribution in [0.4, 0.5) is 5.82 Å². The molecule has 0 bridgehead atoms. The van der Waals surface area contributed by atoms with Crippen LogP contribution >= 0.6 is 15.9 Å². The van der Waals surface area contributed by atoms with Gasteiger partial charge in [0, 0.05) is 29.3 Å². The lowest BCUT2D eigenvalue weighted by Gasteiger charge is -2.23. The van der Waals surface area contributed by atoms with Gasteiger partial charge in [-0.05, 0) is 42.8 Å². The molecule has 0 saturated carbocycles. The van der Waals surface area contributed by atoms with Crippen molar-refractivity contribution in [3.05, 3.63) is 88.0 Å². The Labute approximate surface area is 173 Å². The number of aromatic nitrogens is 1. The van der Waals surface area contributed by atoms with Crippen LogP contribution in [0.15, 0.2) is 71.3 Å². The molecule has 2 aromatic carbocycles. The van der Waals surface area contributed by atoms with Crippen LogP contribution in [-0.2, 0) is 13.2 Å². The normalized spacial score (nSPS) is 10.5. The Morgan fingerprint density at radius 1 is 1.14 bits per heavy atom. The first-order chi connectivity index (χ1) is 13.6. The molecule has 5 nitrogen and oxygen atoms in total. The van der Waals surface area contributed by atoms with Gasteiger partial charge in [-0.25, -0.2) is 4.98 Å². The Morgan fingerprint density at radius 3 is 2.64 bits per heavy atom. The molecular weight excluding hydrogens is 418 g/mol. The number of hydrogen-bond donors (Lipinski definition) is 1. The summed E-state index contributed by atoms with van der Waals surface area (Å²) in [4.78, 5) is 17.7. The van der Waals surface area contributed by atoms with E-state index in [1.54, 1.807) is 6.07 Å². The zero-order chi connectivity index (χ0) is 19.9. The van der Waals surface area contributed by atoms with Crippen LogP contribution in [0, 0.1) is 0 Å². The summed E-state index contributed by atoms with van der Waals surface area (Å²) < 4.78 is 7.11. The van der Waals surface area contributed by atoms with Crippen LogP contribution in [0.2, 0.25) is 0 Å². The number of ether oxygens (including phenoxy) is 1. The Balaban J connectivity index is 1.74. The van der Waals surface area contributed by atoms with Crippen LogP contribution < -0.4 is 15.4 Å². The first kappa shape index (κ1) is 19.9. The second-order valence-corrected chi connectivity index (χ2v) is 7.23. The molecule has 0 unspecified atom stereocenters. The maximum absolute atomic E-state index is 11.2. The molecule has 3 rings (SSSR count). The third-order valence-electron chi connectivity index (χ3n) is 4.36. The second-order valence-electron chi connectivity index (χ2n) is 6.31. The summed E-state index contributed by atoms with van der Waals surface area (Å²) in [5.74, 6) is 1.15. The number of rotatable bonds is 8. The van der Waals surface area contributed by atoms with Crippen molar-refractivity contribution >= 4 is 27.7 Å². The van der Waals surface area contributed by atoms with E-state index in [0.29, 0.717) is 18.7 Å². The molecule has 2 N–H and O–H groups in total. The number of nitrogens with zero attached hydrogens (tertiary/aromatic N) is 2. The highest BCUT2D eigenvalue weighted by molar-refractivity contribution is 9.10. The SMILES string of the molecule is CCN(Cc1ccccc1OCc1cccc(Br)c1)c1ccc(C(N)=O)cn1. The molecule has 0 aliphatic carbocycles. The van der Waals surface area contributed by atoms with E-state index in [1.807, 2.05) is 48.5 Å². The maximum Gasteiger partial charge on any atom is 0.250 e. The number of para-hydroxylation sites is 1. The molecule has 28 heavy (non-hydrogen) atoms. The molecule has 0 saturated heterocycles. The molecule has 144 valence electrons. The standard InChI is InChI=1S/C22H22BrN3O2/c1-2-26(21-11-10-17(13-25-21)22(24)27)14-18-7-3-4-9-20(18)28-15-16-6-5-8-19(23)12-16/h3-13H,2,14-15H2,1H3,(H2,24,27). The van der Waals surface area contributed by atoms with Crippen LogP contribution in [0.25, 0.3) is 0 Å². The Bertz CT molecular complexity index is 945. The minimum Gasteiger partial charge on any atom is -0.489 e. The maximum atomic E-state index is 11.2. The van der Waals surface area contributed by atoms with Crippen molar-refractivity contribution in [1.82, 2.24) is 4.98 Å². The summed E-state index contributed by atoms with van der Waals surface area (Å²) in [7, 11) is 0. The average Bonchev–Trinajstić information content (AvgIpc) is 2.71. The van der Waals surface area contributed by atoms with E-state index in [4.69, 9.17) is 10.5 Å². The van der Waals surface area contributed by atoms with Gasteiger partial charge in [0.05, 0.1) is 5.56 Å². The third-order valence-corrected chi connectivity index (χ3v) is 4.85. The summed E-state index contributed by atoms with van der Waals surface area (Å²) in [6.45, 7) is 3.97. The molecule has 1 aromatic heterocycles. The number of anilines is 1. The molecule has 6 heteroatoms. The summed E-state index contributed by atoms with van der Waals surface area (Å²) in [6.07, 6.45) is 1.51. The van der Waals surface area contributed by atoms with Gasteiger partial charge in [-0.1, -0.05) is 46.3 Å². The molecule has 1 amide bonds. The summed E-state index contributed by atoms with van der Waals surface area (Å²) >= 11 is 3.49. The lowest BCUT2D eigenvalue weighted by atomic mass is 10.1. The van der Waals surface area contributed by atoms with Gasteiger partial charge in [0.2, 0.25) is 5.91 Å². The van der Waals surface area contributed by atoms with Gasteiger partial charge in [0.15, 0.2) is 0 Å². The van der Waals surface area contributed by atoms with Crippen molar-refractivity contribution < 1.29 is 9.53 Å². The highest BCUT2D eigenvalue weighted by Gasteiger charge is 2.12. The fourth-order valence-corrected chi connectivity index (χ4v) is 3.29. The monoisotopic (exact) mass is 439 g/mol. The smallest absolute Gasteiger partial charge is 0.250 e. The fourth-order valence-electron chi connectivity index (χ4n) is 2.84. The first-order valence-corrected chi connectivity index (χ1v) is 9.82. The van der Waals surface area contributed by atoms with Crippen molar-refractivity contribution in [2.75, 3.05) is 11.4 Å². The lowest BCUT2D eigenvalue weighted by Crippen LogP contribution is -2.23. The van der Waals surface area contributed by atoms with Crippen molar-refractivity contribution in [3.63, 3.8) is 0 Å². The predicted molar refractivity (Wildman–Crippen MR) is 114 cm³/mol. The van der Waals surface area contributed by atoms with Crippen LogP contribution in [0.3, 0.4) is 0 Å². The van der Waals surface area contributed by atoms with Gasteiger partial charge < -0.3 is 15.4 Å². The molecular formula is C22H22BrN3O2. The molecule has 0 aliphatic heterocycles. The second kappa shape index (κ2) is 9.37. The van der Waals surface area contributed by atoms with Crippen molar-refractivity contribution in [1.29, 1.82) is 0 Å². The molecule has 0 radical (unpaired) electrons. The quantitative estimate of drug-likeness (QED) is 0.558. The fraction of sp³-hybridized carbons (Fsp3) is 0.182. The van der Waals surface area contributed by atoms with E-state index in [-0.39, 0.29) is 0 Å². The number of primary amides is 1. The number of amides is 1. The Morgan fingerprint density at radius 2 is 1.96 bits per heavy atom. The minimum atomic E-state index is -0.478. The number of pyridine rings is 1.